The fraction of sp³-hybridized carbons (Fsp3) is 0.194. The standard InChI is InChI=1S/C18H16OSi.C11H21Si2.2CH3.Ti/c19-20(16-10-4-1-5-11-16,17-12-6-2-7-13-17)18-14-8-3-9-15-18;1-12(2,3)10-7-8-11(9-10)13(4,5)6;;;/h1-15,19H;7-9H,1-6H3;2*1H3;/q;3*-1;+3. The Labute approximate surface area is 239 Å². The van der Waals surface area contributed by atoms with E-state index in [9.17, 15) is 4.80 Å². The molecule has 0 amide bonds. The van der Waals surface area contributed by atoms with Crippen LogP contribution in [0.4, 0.5) is 0 Å². The van der Waals surface area contributed by atoms with Crippen molar-refractivity contribution in [1.29, 1.82) is 0 Å². The van der Waals surface area contributed by atoms with Crippen molar-refractivity contribution >= 4 is 50.4 Å². The first-order valence-electron chi connectivity index (χ1n) is 11.7. The maximum atomic E-state index is 11.6. The Kier molecular flexibility index (Phi) is 13.7. The van der Waals surface area contributed by atoms with Crippen LogP contribution in [0.2, 0.25) is 39.3 Å². The first-order valence-corrected chi connectivity index (χ1v) is 20.6. The van der Waals surface area contributed by atoms with Gasteiger partial charge in [-0.2, -0.15) is 17.3 Å². The van der Waals surface area contributed by atoms with Gasteiger partial charge in [-0.15, -0.1) is 0 Å². The number of benzene rings is 3. The van der Waals surface area contributed by atoms with Crippen molar-refractivity contribution in [2.75, 3.05) is 0 Å². The van der Waals surface area contributed by atoms with Crippen molar-refractivity contribution in [3.05, 3.63) is 124 Å². The second-order valence-corrected chi connectivity index (χ2v) is 24.0. The van der Waals surface area contributed by atoms with E-state index in [1.165, 1.54) is 0 Å². The zero-order valence-corrected chi connectivity index (χ0v) is 27.9. The van der Waals surface area contributed by atoms with Crippen LogP contribution in [-0.2, 0) is 21.7 Å². The molecule has 0 aromatic heterocycles. The zero-order chi connectivity index (χ0) is 24.1. The van der Waals surface area contributed by atoms with Gasteiger partial charge in [0.05, 0.1) is 0 Å². The largest absolute Gasteiger partial charge is 3.00 e. The monoisotopic (exact) mass is 563 g/mol. The molecule has 189 valence electrons. The van der Waals surface area contributed by atoms with Gasteiger partial charge in [-0.3, -0.25) is 0 Å². The van der Waals surface area contributed by atoms with Gasteiger partial charge in [0.25, 0.3) is 8.32 Å². The summed E-state index contributed by atoms with van der Waals surface area (Å²) < 4.78 is 0. The smallest absolute Gasteiger partial charge is 0.421 e. The molecule has 4 aromatic carbocycles. The first kappa shape index (κ1) is 34.3. The van der Waals surface area contributed by atoms with E-state index in [0.717, 1.165) is 15.6 Å². The van der Waals surface area contributed by atoms with Gasteiger partial charge in [-0.05, 0) is 15.6 Å². The second kappa shape index (κ2) is 14.3. The molecule has 5 heteroatoms. The SMILES string of the molecule is C[Si](C)(C)c1cc[c-]([Si](C)(C)C)c1.O[Si](c1ccccc1)(c1ccccc1)c1ccccc1.[CH3-].[CH3-].[Ti+3]. The van der Waals surface area contributed by atoms with E-state index in [0.29, 0.717) is 0 Å². The molecule has 0 aliphatic carbocycles. The Morgan fingerprint density at radius 3 is 1.08 bits per heavy atom. The summed E-state index contributed by atoms with van der Waals surface area (Å²) in [7, 11) is -5.02. The van der Waals surface area contributed by atoms with Crippen LogP contribution in [0.1, 0.15) is 0 Å². The molecule has 0 unspecified atom stereocenters. The molecule has 0 saturated carbocycles. The average molecular weight is 564 g/mol. The minimum atomic E-state index is -2.88. The quantitative estimate of drug-likeness (QED) is 0.205. The maximum Gasteiger partial charge on any atom is 3.00 e. The minimum absolute atomic E-state index is 0. The second-order valence-electron chi connectivity index (χ2n) is 10.7. The molecule has 0 heterocycles. The van der Waals surface area contributed by atoms with E-state index in [2.05, 4.69) is 57.5 Å². The van der Waals surface area contributed by atoms with Gasteiger partial charge in [0.15, 0.2) is 0 Å². The maximum absolute atomic E-state index is 11.6. The van der Waals surface area contributed by atoms with Crippen LogP contribution in [-0.4, -0.2) is 29.3 Å². The molecular weight excluding hydrogens is 520 g/mol. The molecule has 0 fully saturated rings. The van der Waals surface area contributed by atoms with Crippen LogP contribution in [0, 0.1) is 14.9 Å². The van der Waals surface area contributed by atoms with E-state index in [-0.39, 0.29) is 36.6 Å². The molecular formula is C31H43OSi3Ti. The zero-order valence-electron chi connectivity index (χ0n) is 23.3. The molecule has 0 bridgehead atoms. The molecule has 0 spiro atoms. The first-order chi connectivity index (χ1) is 15.5. The number of hydrogen-bond acceptors (Lipinski definition) is 1. The Hall–Kier alpha value is -1.67. The molecule has 36 heavy (non-hydrogen) atoms. The van der Waals surface area contributed by atoms with Crippen molar-refractivity contribution in [3.8, 4) is 0 Å². The average Bonchev–Trinajstić information content (AvgIpc) is 3.33. The van der Waals surface area contributed by atoms with E-state index >= 15 is 0 Å². The van der Waals surface area contributed by atoms with Gasteiger partial charge in [0.1, 0.15) is 0 Å². The molecule has 0 atom stereocenters. The Balaban J connectivity index is 0.000000679. The Morgan fingerprint density at radius 1 is 0.528 bits per heavy atom. The normalized spacial score (nSPS) is 11.1. The number of hydrogen-bond donors (Lipinski definition) is 1. The minimum Gasteiger partial charge on any atom is -0.421 e. The summed E-state index contributed by atoms with van der Waals surface area (Å²) in [6.07, 6.45) is 0. The van der Waals surface area contributed by atoms with Gasteiger partial charge in [0, 0.05) is 16.1 Å². The van der Waals surface area contributed by atoms with Crippen LogP contribution < -0.4 is 25.9 Å². The van der Waals surface area contributed by atoms with Gasteiger partial charge >= 0.3 is 21.7 Å². The molecule has 0 saturated heterocycles. The summed E-state index contributed by atoms with van der Waals surface area (Å²) in [5.74, 6) is 0. The summed E-state index contributed by atoms with van der Waals surface area (Å²) >= 11 is 0. The van der Waals surface area contributed by atoms with Gasteiger partial charge in [-0.25, -0.2) is 11.3 Å². The van der Waals surface area contributed by atoms with E-state index < -0.39 is 24.5 Å². The van der Waals surface area contributed by atoms with Crippen LogP contribution in [0.3, 0.4) is 0 Å². The van der Waals surface area contributed by atoms with Crippen LogP contribution in [0.15, 0.2) is 109 Å². The van der Waals surface area contributed by atoms with Gasteiger partial charge < -0.3 is 19.6 Å². The topological polar surface area (TPSA) is 20.2 Å². The molecule has 0 aliphatic heterocycles. The van der Waals surface area contributed by atoms with Crippen molar-refractivity contribution in [1.82, 2.24) is 0 Å². The van der Waals surface area contributed by atoms with Crippen molar-refractivity contribution < 1.29 is 26.5 Å². The summed E-state index contributed by atoms with van der Waals surface area (Å²) in [5, 5.41) is 6.27. The summed E-state index contributed by atoms with van der Waals surface area (Å²) in [5.41, 5.74) is 0. The molecule has 1 nitrogen and oxygen atoms in total. The molecule has 1 N–H and O–H groups in total. The van der Waals surface area contributed by atoms with Crippen molar-refractivity contribution in [2.24, 2.45) is 0 Å². The fourth-order valence-corrected chi connectivity index (χ4v) is 9.43. The van der Waals surface area contributed by atoms with Gasteiger partial charge in [-0.1, -0.05) is 130 Å². The number of rotatable bonds is 5. The third-order valence-electron chi connectivity index (χ3n) is 6.06. The van der Waals surface area contributed by atoms with E-state index in [4.69, 9.17) is 0 Å². The molecule has 1 radical (unpaired) electrons. The van der Waals surface area contributed by atoms with Crippen molar-refractivity contribution in [2.45, 2.75) is 39.3 Å². The Bertz CT molecular complexity index is 1000. The van der Waals surface area contributed by atoms with Crippen LogP contribution in [0.25, 0.3) is 0 Å². The summed E-state index contributed by atoms with van der Waals surface area (Å²) in [6.45, 7) is 14.5. The Morgan fingerprint density at radius 2 is 0.861 bits per heavy atom. The summed E-state index contributed by atoms with van der Waals surface area (Å²) in [6, 6.07) is 37.1. The predicted octanol–water partition coefficient (Wildman–Crippen LogP) is 5.04. The fourth-order valence-electron chi connectivity index (χ4n) is 3.91. The van der Waals surface area contributed by atoms with E-state index in [1.54, 1.807) is 10.4 Å². The van der Waals surface area contributed by atoms with E-state index in [1.807, 2.05) is 91.0 Å². The van der Waals surface area contributed by atoms with Gasteiger partial charge in [0.2, 0.25) is 0 Å². The third kappa shape index (κ3) is 8.44. The summed E-state index contributed by atoms with van der Waals surface area (Å²) in [4.78, 5) is 11.6. The third-order valence-corrected chi connectivity index (χ3v) is 13.7. The molecule has 0 aliphatic rings. The van der Waals surface area contributed by atoms with Crippen LogP contribution >= 0.6 is 0 Å². The van der Waals surface area contributed by atoms with Crippen molar-refractivity contribution in [3.63, 3.8) is 0 Å². The van der Waals surface area contributed by atoms with Crippen LogP contribution in [0.5, 0.6) is 0 Å². The molecule has 4 rings (SSSR count). The molecule has 4 aromatic rings. The predicted molar refractivity (Wildman–Crippen MR) is 167 cm³/mol.